The molecule has 0 spiro atoms. The van der Waals surface area contributed by atoms with Crippen molar-refractivity contribution in [2.24, 2.45) is 0 Å². The van der Waals surface area contributed by atoms with Crippen molar-refractivity contribution >= 4 is 42.6 Å². The van der Waals surface area contributed by atoms with Crippen molar-refractivity contribution in [1.82, 2.24) is 0 Å². The minimum atomic E-state index is -4.72. The Kier molecular flexibility index (Phi) is 9.50. The van der Waals surface area contributed by atoms with Crippen LogP contribution in [0.15, 0.2) is 65.6 Å². The van der Waals surface area contributed by atoms with E-state index >= 15 is 0 Å². The van der Waals surface area contributed by atoms with Gasteiger partial charge in [0.15, 0.2) is 0 Å². The van der Waals surface area contributed by atoms with Gasteiger partial charge in [-0.15, -0.1) is 0 Å². The molecule has 0 radical (unpaired) electrons. The monoisotopic (exact) mass is 704 g/mol. The Balaban J connectivity index is 1.91. The highest BCUT2D eigenvalue weighted by atomic mass is 32.2. The molecule has 0 bridgehead atoms. The van der Waals surface area contributed by atoms with Crippen LogP contribution in [0.3, 0.4) is 0 Å². The Hall–Kier alpha value is -3.16. The Morgan fingerprint density at radius 2 is 1.15 bits per heavy atom. The lowest BCUT2D eigenvalue weighted by Crippen LogP contribution is -2.47. The van der Waals surface area contributed by atoms with Crippen LogP contribution >= 0.6 is 8.58 Å². The first-order valence-corrected chi connectivity index (χ1v) is 22.2. The molecular formula is C39H49O6PSSi. The van der Waals surface area contributed by atoms with E-state index in [4.69, 9.17) is 14.2 Å². The average Bonchev–Trinajstić information content (AvgIpc) is 3.31. The maximum absolute atomic E-state index is 13.9. The zero-order valence-electron chi connectivity index (χ0n) is 30.2. The molecular weight excluding hydrogens is 656 g/mol. The first-order valence-electron chi connectivity index (χ1n) is 16.2. The van der Waals surface area contributed by atoms with E-state index in [0.29, 0.717) is 33.4 Å². The van der Waals surface area contributed by atoms with Gasteiger partial charge in [-0.25, -0.2) is 0 Å². The molecule has 1 unspecified atom stereocenters. The molecule has 1 atom stereocenters. The molecule has 1 aliphatic rings. The fraction of sp³-hybridized carbons (Fsp3) is 0.385. The molecule has 1 N–H and O–H groups in total. The van der Waals surface area contributed by atoms with Crippen LogP contribution in [0, 0.1) is 0 Å². The normalized spacial score (nSPS) is 13.9. The molecule has 4 aromatic rings. The van der Waals surface area contributed by atoms with Crippen molar-refractivity contribution < 1.29 is 27.2 Å². The Labute approximate surface area is 289 Å². The molecule has 0 aliphatic heterocycles. The molecule has 0 heterocycles. The maximum atomic E-state index is 13.9. The quantitative estimate of drug-likeness (QED) is 0.101. The molecule has 256 valence electrons. The van der Waals surface area contributed by atoms with Crippen LogP contribution in [0.1, 0.15) is 75.3 Å². The maximum Gasteiger partial charge on any atom is 0.295 e. The van der Waals surface area contributed by atoms with Crippen LogP contribution in [0.4, 0.5) is 0 Å². The topological polar surface area (TPSA) is 82.1 Å². The lowest BCUT2D eigenvalue weighted by molar-refractivity contribution is 0.380. The van der Waals surface area contributed by atoms with Crippen LogP contribution in [-0.2, 0) is 20.9 Å². The van der Waals surface area contributed by atoms with Gasteiger partial charge in [0.05, 0.1) is 34.7 Å². The molecule has 9 heteroatoms. The van der Waals surface area contributed by atoms with Crippen LogP contribution in [0.5, 0.6) is 17.2 Å². The summed E-state index contributed by atoms with van der Waals surface area (Å²) in [5, 5.41) is 2.27. The number of hydrogen-bond acceptors (Lipinski definition) is 5. The molecule has 6 nitrogen and oxygen atoms in total. The van der Waals surface area contributed by atoms with E-state index in [-0.39, 0.29) is 24.3 Å². The fourth-order valence-corrected chi connectivity index (χ4v) is 12.2. The van der Waals surface area contributed by atoms with E-state index in [1.165, 1.54) is 0 Å². The summed E-state index contributed by atoms with van der Waals surface area (Å²) in [5.41, 5.74) is 6.92. The van der Waals surface area contributed by atoms with Crippen molar-refractivity contribution in [2.75, 3.05) is 21.3 Å². The molecule has 0 aromatic heterocycles. The zero-order chi connectivity index (χ0) is 35.6. The van der Waals surface area contributed by atoms with Gasteiger partial charge < -0.3 is 14.2 Å². The van der Waals surface area contributed by atoms with Crippen molar-refractivity contribution in [3.8, 4) is 28.4 Å². The number of benzene rings is 4. The van der Waals surface area contributed by atoms with Gasteiger partial charge in [-0.3, -0.25) is 4.55 Å². The van der Waals surface area contributed by atoms with Gasteiger partial charge in [0.2, 0.25) is 0 Å². The van der Waals surface area contributed by atoms with E-state index in [9.17, 15) is 13.0 Å². The van der Waals surface area contributed by atoms with Gasteiger partial charge in [-0.1, -0.05) is 115 Å². The van der Waals surface area contributed by atoms with E-state index < -0.39 is 24.1 Å². The molecule has 0 saturated heterocycles. The number of hydrogen-bond donors (Lipinski definition) is 1. The van der Waals surface area contributed by atoms with Crippen molar-refractivity contribution in [3.63, 3.8) is 0 Å². The Bertz CT molecular complexity index is 1910. The zero-order valence-corrected chi connectivity index (χ0v) is 33.1. The summed E-state index contributed by atoms with van der Waals surface area (Å²) in [7, 11) is -2.33. The fourth-order valence-electron chi connectivity index (χ4n) is 6.64. The second-order valence-corrected chi connectivity index (χ2v) is 23.3. The summed E-state index contributed by atoms with van der Waals surface area (Å²) in [6, 6.07) is 20.8. The Morgan fingerprint density at radius 1 is 0.667 bits per heavy atom. The number of rotatable bonds is 8. The van der Waals surface area contributed by atoms with Gasteiger partial charge in [0.25, 0.3) is 10.1 Å². The first kappa shape index (κ1) is 36.1. The summed E-state index contributed by atoms with van der Waals surface area (Å²) >= 11 is 0. The minimum Gasteiger partial charge on any atom is -0.496 e. The summed E-state index contributed by atoms with van der Waals surface area (Å²) in [4.78, 5) is -0.0215. The molecule has 4 aromatic carbocycles. The smallest absolute Gasteiger partial charge is 0.295 e. The van der Waals surface area contributed by atoms with Crippen molar-refractivity contribution in [2.45, 2.75) is 82.8 Å². The average molecular weight is 705 g/mol. The summed E-state index contributed by atoms with van der Waals surface area (Å²) in [6.45, 7) is 19.7. The van der Waals surface area contributed by atoms with Crippen LogP contribution in [0.25, 0.3) is 11.1 Å². The van der Waals surface area contributed by atoms with Gasteiger partial charge in [-0.05, 0) is 63.7 Å². The minimum absolute atomic E-state index is 0.0215. The van der Waals surface area contributed by atoms with Gasteiger partial charge >= 0.3 is 0 Å². The summed E-state index contributed by atoms with van der Waals surface area (Å²) in [6.07, 6.45) is 0. The molecule has 0 amide bonds. The third-order valence-electron chi connectivity index (χ3n) is 9.28. The predicted molar refractivity (Wildman–Crippen MR) is 203 cm³/mol. The first-order chi connectivity index (χ1) is 22.2. The molecule has 0 fully saturated rings. The second-order valence-electron chi connectivity index (χ2n) is 15.7. The van der Waals surface area contributed by atoms with Crippen molar-refractivity contribution in [3.05, 3.63) is 88.5 Å². The van der Waals surface area contributed by atoms with E-state index in [0.717, 1.165) is 38.6 Å². The van der Waals surface area contributed by atoms with Gasteiger partial charge in [0, 0.05) is 18.1 Å². The molecule has 0 saturated carbocycles. The van der Waals surface area contributed by atoms with Crippen LogP contribution in [-0.4, -0.2) is 42.4 Å². The van der Waals surface area contributed by atoms with Gasteiger partial charge in [-0.2, -0.15) is 8.42 Å². The number of fused-ring (bicyclic) bond motifs is 3. The van der Waals surface area contributed by atoms with Crippen LogP contribution < -0.4 is 30.0 Å². The lowest BCUT2D eigenvalue weighted by atomic mass is 9.81. The number of ether oxygens (including phenoxy) is 3. The molecule has 1 aliphatic carbocycles. The SMILES string of the molecule is COc1cc(OC)c(Pc2c([Si](C)(C)C)ccc(C3c4cc(C(C)(C)C)ccc4-c4ccc(C(C)(C)C)cc43)c2S(=O)(=O)O)c(OC)c1. The lowest BCUT2D eigenvalue weighted by Gasteiger charge is -2.28. The van der Waals surface area contributed by atoms with Crippen LogP contribution in [0.2, 0.25) is 19.6 Å². The molecule has 48 heavy (non-hydrogen) atoms. The summed E-state index contributed by atoms with van der Waals surface area (Å²) < 4.78 is 56.2. The third kappa shape index (κ3) is 6.69. The van der Waals surface area contributed by atoms with E-state index in [2.05, 4.69) is 104 Å². The Morgan fingerprint density at radius 3 is 1.52 bits per heavy atom. The predicted octanol–water partition coefficient (Wildman–Crippen LogP) is 7.89. The van der Waals surface area contributed by atoms with E-state index in [1.54, 1.807) is 33.5 Å². The van der Waals surface area contributed by atoms with Crippen molar-refractivity contribution in [1.29, 1.82) is 0 Å². The third-order valence-corrected chi connectivity index (χ3v) is 14.2. The standard InChI is InChI=1S/C39H49O6PSSi/c1-38(2,3)23-13-15-26-27-16-14-24(39(4,5)6)20-30(27)34(29(26)19-23)28-17-18-33(48(10,11)12)36(37(28)47(40,41)42)46-35-31(44-8)21-25(43-7)22-32(35)45-9/h13-22,34,46H,1-12H3,(H,40,41,42). The second kappa shape index (κ2) is 12.6. The molecule has 5 rings (SSSR count). The highest BCUT2D eigenvalue weighted by molar-refractivity contribution is 7.86. The largest absolute Gasteiger partial charge is 0.496 e. The highest BCUT2D eigenvalue weighted by Crippen LogP contribution is 2.51. The summed E-state index contributed by atoms with van der Waals surface area (Å²) in [5.74, 6) is 1.21. The number of methoxy groups -OCH3 is 3. The highest BCUT2D eigenvalue weighted by Gasteiger charge is 2.38. The van der Waals surface area contributed by atoms with E-state index in [1.807, 2.05) is 6.07 Å². The van der Waals surface area contributed by atoms with Gasteiger partial charge in [0.1, 0.15) is 22.1 Å².